The van der Waals surface area contributed by atoms with E-state index >= 15 is 0 Å². The summed E-state index contributed by atoms with van der Waals surface area (Å²) in [5.41, 5.74) is 9.16. The molecule has 1 heterocycles. The maximum atomic E-state index is 5.43. The Kier molecular flexibility index (Phi) is 3.84. The van der Waals surface area contributed by atoms with Crippen LogP contribution in [0.2, 0.25) is 0 Å². The highest BCUT2D eigenvalue weighted by Gasteiger charge is 2.10. The van der Waals surface area contributed by atoms with Gasteiger partial charge in [-0.3, -0.25) is 0 Å². The van der Waals surface area contributed by atoms with Gasteiger partial charge in [0.1, 0.15) is 0 Å². The van der Waals surface area contributed by atoms with Crippen LogP contribution in [-0.2, 0) is 0 Å². The van der Waals surface area contributed by atoms with E-state index in [1.165, 1.54) is 0 Å². The Morgan fingerprint density at radius 3 is 2.59 bits per heavy atom. The smallest absolute Gasteiger partial charge is 0.258 e. The van der Waals surface area contributed by atoms with Crippen molar-refractivity contribution >= 4 is 23.0 Å². The van der Waals surface area contributed by atoms with E-state index in [0.717, 1.165) is 22.4 Å². The Bertz CT molecular complexity index is 811. The van der Waals surface area contributed by atoms with Crippen molar-refractivity contribution < 1.29 is 4.52 Å². The first-order valence-electron chi connectivity index (χ1n) is 6.69. The predicted molar refractivity (Wildman–Crippen MR) is 90.3 cm³/mol. The van der Waals surface area contributed by atoms with Crippen molar-refractivity contribution in [3.63, 3.8) is 0 Å². The number of thiocarbonyl (C=S) groups is 1. The first-order valence-corrected chi connectivity index (χ1v) is 7.10. The summed E-state index contributed by atoms with van der Waals surface area (Å²) < 4.78 is 5.33. The van der Waals surface area contributed by atoms with Crippen LogP contribution in [0.3, 0.4) is 0 Å². The van der Waals surface area contributed by atoms with E-state index in [-0.39, 0.29) is 5.11 Å². The van der Waals surface area contributed by atoms with E-state index in [9.17, 15) is 0 Å². The molecule has 0 bridgehead atoms. The zero-order valence-electron chi connectivity index (χ0n) is 11.9. The Morgan fingerprint density at radius 2 is 1.91 bits per heavy atom. The fourth-order valence-corrected chi connectivity index (χ4v) is 2.20. The second kappa shape index (κ2) is 5.95. The zero-order chi connectivity index (χ0) is 15.5. The highest BCUT2D eigenvalue weighted by atomic mass is 32.1. The molecule has 0 unspecified atom stereocenters. The van der Waals surface area contributed by atoms with Crippen molar-refractivity contribution in [1.29, 1.82) is 0 Å². The topological polar surface area (TPSA) is 77.0 Å². The molecule has 3 aromatic rings. The number of nitrogens with two attached hydrogens (primary N) is 1. The number of nitrogens with one attached hydrogen (secondary N) is 1. The molecule has 2 aromatic carbocycles. The molecule has 0 aliphatic heterocycles. The van der Waals surface area contributed by atoms with E-state index in [1.807, 2.05) is 55.5 Å². The number of aryl methyl sites for hydroxylation is 1. The summed E-state index contributed by atoms with van der Waals surface area (Å²) in [5, 5.41) is 7.12. The van der Waals surface area contributed by atoms with Gasteiger partial charge >= 0.3 is 0 Å². The number of rotatable bonds is 3. The van der Waals surface area contributed by atoms with Crippen LogP contribution in [0, 0.1) is 6.92 Å². The number of nitrogens with zero attached hydrogens (tertiary/aromatic N) is 2. The summed E-state index contributed by atoms with van der Waals surface area (Å²) in [6, 6.07) is 15.4. The van der Waals surface area contributed by atoms with E-state index in [2.05, 4.69) is 15.5 Å². The molecule has 0 aliphatic rings. The summed E-state index contributed by atoms with van der Waals surface area (Å²) in [7, 11) is 0. The first kappa shape index (κ1) is 14.2. The van der Waals surface area contributed by atoms with Crippen LogP contribution >= 0.6 is 12.2 Å². The monoisotopic (exact) mass is 310 g/mol. The molecule has 0 atom stereocenters. The molecule has 5 nitrogen and oxygen atoms in total. The SMILES string of the molecule is Cc1cccc(-c2noc(-c3ccc(NC(N)=S)cc3)n2)c1. The third-order valence-electron chi connectivity index (χ3n) is 3.10. The van der Waals surface area contributed by atoms with Gasteiger partial charge in [0.25, 0.3) is 5.89 Å². The zero-order valence-corrected chi connectivity index (χ0v) is 12.7. The molecule has 110 valence electrons. The number of benzene rings is 2. The second-order valence-corrected chi connectivity index (χ2v) is 5.30. The molecule has 3 N–H and O–H groups in total. The molecule has 0 saturated heterocycles. The molecule has 3 rings (SSSR count). The summed E-state index contributed by atoms with van der Waals surface area (Å²) >= 11 is 4.80. The maximum Gasteiger partial charge on any atom is 0.258 e. The van der Waals surface area contributed by atoms with Gasteiger partial charge in [-0.1, -0.05) is 28.9 Å². The van der Waals surface area contributed by atoms with E-state index < -0.39 is 0 Å². The van der Waals surface area contributed by atoms with Crippen molar-refractivity contribution in [2.45, 2.75) is 6.92 Å². The molecule has 0 fully saturated rings. The lowest BCUT2D eigenvalue weighted by atomic mass is 10.1. The number of anilines is 1. The molecule has 1 aromatic heterocycles. The molecule has 0 spiro atoms. The molecule has 0 amide bonds. The van der Waals surface area contributed by atoms with Crippen LogP contribution in [-0.4, -0.2) is 15.3 Å². The number of aromatic nitrogens is 2. The Labute approximate surface area is 133 Å². The third kappa shape index (κ3) is 3.12. The fourth-order valence-electron chi connectivity index (χ4n) is 2.08. The van der Waals surface area contributed by atoms with Crippen molar-refractivity contribution in [1.82, 2.24) is 10.1 Å². The summed E-state index contributed by atoms with van der Waals surface area (Å²) in [4.78, 5) is 4.43. The van der Waals surface area contributed by atoms with Gasteiger partial charge in [0.05, 0.1) is 0 Å². The van der Waals surface area contributed by atoms with Gasteiger partial charge in [0.2, 0.25) is 5.82 Å². The molecule has 22 heavy (non-hydrogen) atoms. The minimum atomic E-state index is 0.229. The molecule has 0 saturated carbocycles. The van der Waals surface area contributed by atoms with E-state index in [4.69, 9.17) is 22.5 Å². The van der Waals surface area contributed by atoms with Gasteiger partial charge in [-0.15, -0.1) is 0 Å². The lowest BCUT2D eigenvalue weighted by Gasteiger charge is -2.03. The van der Waals surface area contributed by atoms with Crippen LogP contribution in [0.25, 0.3) is 22.8 Å². The Hall–Kier alpha value is -2.73. The molecular weight excluding hydrogens is 296 g/mol. The standard InChI is InChI=1S/C16H14N4OS/c1-10-3-2-4-12(9-10)14-19-15(21-20-14)11-5-7-13(8-6-11)18-16(17)22/h2-9H,1H3,(H3,17,18,22). The van der Waals surface area contributed by atoms with Gasteiger partial charge in [-0.2, -0.15) is 4.98 Å². The van der Waals surface area contributed by atoms with Crippen molar-refractivity contribution in [2.24, 2.45) is 5.73 Å². The van der Waals surface area contributed by atoms with E-state index in [1.54, 1.807) is 0 Å². The predicted octanol–water partition coefficient (Wildman–Crippen LogP) is 3.37. The summed E-state index contributed by atoms with van der Waals surface area (Å²) in [6.45, 7) is 2.03. The number of hydrogen-bond acceptors (Lipinski definition) is 4. The minimum absolute atomic E-state index is 0.229. The average Bonchev–Trinajstić information content (AvgIpc) is 2.97. The van der Waals surface area contributed by atoms with Crippen LogP contribution in [0.1, 0.15) is 5.56 Å². The molecule has 0 aliphatic carbocycles. The van der Waals surface area contributed by atoms with Gasteiger partial charge in [0, 0.05) is 16.8 Å². The molecule has 6 heteroatoms. The van der Waals surface area contributed by atoms with Crippen molar-refractivity contribution in [2.75, 3.05) is 5.32 Å². The largest absolute Gasteiger partial charge is 0.376 e. The van der Waals surface area contributed by atoms with Gasteiger partial charge in [0.15, 0.2) is 5.11 Å². The summed E-state index contributed by atoms with van der Waals surface area (Å²) in [6.07, 6.45) is 0. The third-order valence-corrected chi connectivity index (χ3v) is 3.20. The lowest BCUT2D eigenvalue weighted by molar-refractivity contribution is 0.432. The highest BCUT2D eigenvalue weighted by Crippen LogP contribution is 2.23. The molecular formula is C16H14N4OS. The van der Waals surface area contributed by atoms with E-state index in [0.29, 0.717) is 11.7 Å². The van der Waals surface area contributed by atoms with Crippen LogP contribution in [0.5, 0.6) is 0 Å². The lowest BCUT2D eigenvalue weighted by Crippen LogP contribution is -2.18. The van der Waals surface area contributed by atoms with Gasteiger partial charge in [-0.05, 0) is 49.5 Å². The molecule has 0 radical (unpaired) electrons. The van der Waals surface area contributed by atoms with Gasteiger partial charge < -0.3 is 15.6 Å². The fraction of sp³-hybridized carbons (Fsp3) is 0.0625. The average molecular weight is 310 g/mol. The van der Waals surface area contributed by atoms with Gasteiger partial charge in [-0.25, -0.2) is 0 Å². The van der Waals surface area contributed by atoms with Crippen LogP contribution < -0.4 is 11.1 Å². The quantitative estimate of drug-likeness (QED) is 0.722. The maximum absolute atomic E-state index is 5.43. The first-order chi connectivity index (χ1) is 10.6. The highest BCUT2D eigenvalue weighted by molar-refractivity contribution is 7.80. The van der Waals surface area contributed by atoms with Crippen molar-refractivity contribution in [3.05, 3.63) is 54.1 Å². The Morgan fingerprint density at radius 1 is 1.14 bits per heavy atom. The normalized spacial score (nSPS) is 10.4. The number of hydrogen-bond donors (Lipinski definition) is 2. The van der Waals surface area contributed by atoms with Crippen molar-refractivity contribution in [3.8, 4) is 22.8 Å². The minimum Gasteiger partial charge on any atom is -0.376 e. The second-order valence-electron chi connectivity index (χ2n) is 4.86. The van der Waals surface area contributed by atoms with Crippen LogP contribution in [0.4, 0.5) is 5.69 Å². The summed E-state index contributed by atoms with van der Waals surface area (Å²) in [5.74, 6) is 1.04. The Balaban J connectivity index is 1.86. The van der Waals surface area contributed by atoms with Crippen LogP contribution in [0.15, 0.2) is 53.1 Å².